The number of hydrogen-bond acceptors (Lipinski definition) is 5. The van der Waals surface area contributed by atoms with Crippen LogP contribution in [0.5, 0.6) is 0 Å². The van der Waals surface area contributed by atoms with Crippen LogP contribution in [-0.4, -0.2) is 34.0 Å². The Morgan fingerprint density at radius 3 is 2.43 bits per heavy atom. The smallest absolute Gasteiger partial charge is 0.261 e. The summed E-state index contributed by atoms with van der Waals surface area (Å²) in [5.74, 6) is -0.262. The van der Waals surface area contributed by atoms with Gasteiger partial charge in [-0.2, -0.15) is 0 Å². The van der Waals surface area contributed by atoms with E-state index in [1.165, 1.54) is 6.07 Å². The Morgan fingerprint density at radius 1 is 1.17 bits per heavy atom. The predicted molar refractivity (Wildman–Crippen MR) is 94.3 cm³/mol. The molecule has 0 radical (unpaired) electrons. The van der Waals surface area contributed by atoms with Gasteiger partial charge in [0.2, 0.25) is 9.84 Å². The first-order chi connectivity index (χ1) is 10.4. The number of benzene rings is 1. The summed E-state index contributed by atoms with van der Waals surface area (Å²) in [6.07, 6.45) is 0. The lowest BCUT2D eigenvalue weighted by atomic mass is 10.3. The van der Waals surface area contributed by atoms with Gasteiger partial charge >= 0.3 is 0 Å². The first-order valence-electron chi connectivity index (χ1n) is 6.80. The number of rotatable bonds is 6. The number of nitrogens with one attached hydrogen (secondary N) is 2. The molecule has 1 atom stereocenters. The van der Waals surface area contributed by atoms with Crippen molar-refractivity contribution in [3.05, 3.63) is 47.3 Å². The third kappa shape index (κ3) is 4.78. The molecule has 0 aliphatic heterocycles. The summed E-state index contributed by atoms with van der Waals surface area (Å²) in [6.45, 7) is 2.42. The molecule has 2 aromatic rings. The lowest BCUT2D eigenvalue weighted by Gasteiger charge is -2.10. The molecule has 0 saturated carbocycles. The predicted octanol–water partition coefficient (Wildman–Crippen LogP) is 2.34. The molecule has 1 unspecified atom stereocenters. The fourth-order valence-electron chi connectivity index (χ4n) is 1.74. The number of likely N-dealkylation sites (N-methyl/N-ethyl adjacent to an activating group) is 1. The van der Waals surface area contributed by atoms with E-state index in [9.17, 15) is 13.2 Å². The van der Waals surface area contributed by atoms with Gasteiger partial charge in [0.25, 0.3) is 5.91 Å². The van der Waals surface area contributed by atoms with E-state index >= 15 is 0 Å². The molecule has 0 fully saturated rings. The van der Waals surface area contributed by atoms with Crippen LogP contribution in [0.3, 0.4) is 0 Å². The maximum absolute atomic E-state index is 12.5. The summed E-state index contributed by atoms with van der Waals surface area (Å²) >= 11 is 0.982. The number of hydrogen-bond donors (Lipinski definition) is 2. The minimum Gasteiger partial charge on any atom is -0.350 e. The van der Waals surface area contributed by atoms with Crippen molar-refractivity contribution in [3.8, 4) is 0 Å². The molecule has 1 aromatic carbocycles. The van der Waals surface area contributed by atoms with E-state index < -0.39 is 9.84 Å². The Labute approximate surface area is 146 Å². The Balaban J connectivity index is 0.00000264. The van der Waals surface area contributed by atoms with Crippen molar-refractivity contribution in [2.45, 2.75) is 22.1 Å². The third-order valence-corrected chi connectivity index (χ3v) is 6.53. The van der Waals surface area contributed by atoms with Gasteiger partial charge in [-0.1, -0.05) is 18.2 Å². The number of carbonyl (C=O) groups is 1. The summed E-state index contributed by atoms with van der Waals surface area (Å²) in [5.41, 5.74) is 0. The van der Waals surface area contributed by atoms with Gasteiger partial charge in [-0.3, -0.25) is 4.79 Å². The van der Waals surface area contributed by atoms with E-state index in [0.717, 1.165) is 11.3 Å². The topological polar surface area (TPSA) is 75.3 Å². The maximum Gasteiger partial charge on any atom is 0.261 e. The minimum absolute atomic E-state index is 0. The van der Waals surface area contributed by atoms with E-state index in [-0.39, 0.29) is 33.5 Å². The fraction of sp³-hybridized carbons (Fsp3) is 0.267. The highest BCUT2D eigenvalue weighted by Crippen LogP contribution is 2.27. The largest absolute Gasteiger partial charge is 0.350 e. The Bertz CT molecular complexity index is 745. The molecule has 23 heavy (non-hydrogen) atoms. The molecule has 2 N–H and O–H groups in total. The van der Waals surface area contributed by atoms with Crippen molar-refractivity contribution in [2.24, 2.45) is 0 Å². The van der Waals surface area contributed by atoms with Gasteiger partial charge in [0.1, 0.15) is 4.21 Å². The van der Waals surface area contributed by atoms with Gasteiger partial charge in [-0.25, -0.2) is 8.42 Å². The second kappa shape index (κ2) is 8.44. The average molecular weight is 375 g/mol. The summed E-state index contributed by atoms with van der Waals surface area (Å²) in [4.78, 5) is 12.6. The lowest BCUT2D eigenvalue weighted by Crippen LogP contribution is -2.36. The zero-order valence-corrected chi connectivity index (χ0v) is 15.2. The van der Waals surface area contributed by atoms with Gasteiger partial charge < -0.3 is 10.6 Å². The highest BCUT2D eigenvalue weighted by molar-refractivity contribution is 7.93. The number of carbonyl (C=O) groups excluding carboxylic acids is 1. The molecule has 1 aromatic heterocycles. The Hall–Kier alpha value is -1.41. The van der Waals surface area contributed by atoms with Crippen LogP contribution in [0.1, 0.15) is 16.6 Å². The molecule has 0 bridgehead atoms. The van der Waals surface area contributed by atoms with E-state index in [1.807, 2.05) is 14.0 Å². The number of sulfone groups is 1. The molecule has 8 heteroatoms. The number of thiophene rings is 1. The Morgan fingerprint density at radius 2 is 1.83 bits per heavy atom. The molecule has 5 nitrogen and oxygen atoms in total. The summed E-state index contributed by atoms with van der Waals surface area (Å²) < 4.78 is 25.1. The van der Waals surface area contributed by atoms with Crippen molar-refractivity contribution in [2.75, 3.05) is 13.6 Å². The monoisotopic (exact) mass is 374 g/mol. The molecular weight excluding hydrogens is 356 g/mol. The molecule has 0 saturated heterocycles. The molecule has 2 rings (SSSR count). The quantitative estimate of drug-likeness (QED) is 0.813. The van der Waals surface area contributed by atoms with Crippen molar-refractivity contribution < 1.29 is 13.2 Å². The van der Waals surface area contributed by atoms with Gasteiger partial charge in [-0.05, 0) is 38.2 Å². The average Bonchev–Trinajstić information content (AvgIpc) is 3.04. The zero-order valence-electron chi connectivity index (χ0n) is 12.8. The van der Waals surface area contributed by atoms with E-state index in [1.54, 1.807) is 36.4 Å². The fourth-order valence-corrected chi connectivity index (χ4v) is 4.38. The summed E-state index contributed by atoms with van der Waals surface area (Å²) in [5, 5.41) is 5.78. The van der Waals surface area contributed by atoms with E-state index in [0.29, 0.717) is 11.4 Å². The second-order valence-electron chi connectivity index (χ2n) is 4.83. The first kappa shape index (κ1) is 19.6. The third-order valence-electron chi connectivity index (χ3n) is 3.19. The van der Waals surface area contributed by atoms with Gasteiger partial charge in [-0.15, -0.1) is 23.7 Å². The SMILES string of the molecule is CNC(C)CNC(=O)c1ccc(S(=O)(=O)c2ccccc2)s1.Cl. The highest BCUT2D eigenvalue weighted by Gasteiger charge is 2.21. The molecular formula is C15H19ClN2O3S2. The standard InChI is InChI=1S/C15H18N2O3S2.ClH/c1-11(16-2)10-17-15(18)13-8-9-14(21-13)22(19,20)12-6-4-3-5-7-12;/h3-9,11,16H,10H2,1-2H3,(H,17,18);1H. The van der Waals surface area contributed by atoms with Crippen LogP contribution in [0, 0.1) is 0 Å². The number of halogens is 1. The van der Waals surface area contributed by atoms with Crippen molar-refractivity contribution in [1.82, 2.24) is 10.6 Å². The Kier molecular flexibility index (Phi) is 7.21. The van der Waals surface area contributed by atoms with Crippen molar-refractivity contribution >= 4 is 39.5 Å². The first-order valence-corrected chi connectivity index (χ1v) is 9.10. The summed E-state index contributed by atoms with van der Waals surface area (Å²) in [6, 6.07) is 11.4. The van der Waals surface area contributed by atoms with Crippen LogP contribution in [-0.2, 0) is 9.84 Å². The zero-order chi connectivity index (χ0) is 16.2. The molecule has 0 spiro atoms. The second-order valence-corrected chi connectivity index (χ2v) is 8.10. The lowest BCUT2D eigenvalue weighted by molar-refractivity contribution is 0.0954. The highest BCUT2D eigenvalue weighted by atomic mass is 35.5. The molecule has 126 valence electrons. The summed E-state index contributed by atoms with van der Waals surface area (Å²) in [7, 11) is -1.75. The van der Waals surface area contributed by atoms with E-state index in [2.05, 4.69) is 10.6 Å². The normalized spacial score (nSPS) is 12.3. The van der Waals surface area contributed by atoms with Gasteiger partial charge in [0.15, 0.2) is 0 Å². The molecule has 0 aliphatic carbocycles. The minimum atomic E-state index is -3.56. The van der Waals surface area contributed by atoms with Crippen LogP contribution in [0.4, 0.5) is 0 Å². The van der Waals surface area contributed by atoms with Crippen LogP contribution in [0.25, 0.3) is 0 Å². The maximum atomic E-state index is 12.5. The number of amides is 1. The van der Waals surface area contributed by atoms with Crippen molar-refractivity contribution in [1.29, 1.82) is 0 Å². The molecule has 1 heterocycles. The van der Waals surface area contributed by atoms with Gasteiger partial charge in [0.05, 0.1) is 9.77 Å². The molecule has 0 aliphatic rings. The van der Waals surface area contributed by atoms with Crippen LogP contribution < -0.4 is 10.6 Å². The van der Waals surface area contributed by atoms with Gasteiger partial charge in [0, 0.05) is 12.6 Å². The van der Waals surface area contributed by atoms with Crippen LogP contribution >= 0.6 is 23.7 Å². The van der Waals surface area contributed by atoms with Crippen LogP contribution in [0.2, 0.25) is 0 Å². The molecule has 1 amide bonds. The van der Waals surface area contributed by atoms with E-state index in [4.69, 9.17) is 0 Å². The van der Waals surface area contributed by atoms with Crippen LogP contribution in [0.15, 0.2) is 51.6 Å². The van der Waals surface area contributed by atoms with Crippen molar-refractivity contribution in [3.63, 3.8) is 0 Å².